The molecule has 1 aliphatic carbocycles. The van der Waals surface area contributed by atoms with E-state index >= 15 is 0 Å². The average molecular weight is 329 g/mol. The van der Waals surface area contributed by atoms with Crippen LogP contribution < -0.4 is 0 Å². The summed E-state index contributed by atoms with van der Waals surface area (Å²) in [6.07, 6.45) is 6.01. The maximum absolute atomic E-state index is 6.48. The Hall–Kier alpha value is -1.35. The van der Waals surface area contributed by atoms with Gasteiger partial charge in [-0.3, -0.25) is 0 Å². The number of ether oxygens (including phenoxy) is 2. The van der Waals surface area contributed by atoms with E-state index in [1.807, 2.05) is 6.07 Å². The first-order valence-electron chi connectivity index (χ1n) is 9.26. The van der Waals surface area contributed by atoms with Crippen LogP contribution in [0.1, 0.15) is 65.4 Å². The first kappa shape index (κ1) is 17.5. The zero-order valence-electron chi connectivity index (χ0n) is 15.6. The first-order valence-corrected chi connectivity index (χ1v) is 9.26. The molecule has 0 amide bonds. The summed E-state index contributed by atoms with van der Waals surface area (Å²) in [6, 6.07) is 10.5. The van der Waals surface area contributed by atoms with E-state index in [-0.39, 0.29) is 16.6 Å². The van der Waals surface area contributed by atoms with E-state index in [0.29, 0.717) is 13.2 Å². The van der Waals surface area contributed by atoms with Crippen molar-refractivity contribution in [2.75, 3.05) is 13.2 Å². The highest BCUT2D eigenvalue weighted by Crippen LogP contribution is 2.42. The summed E-state index contributed by atoms with van der Waals surface area (Å²) in [5.41, 5.74) is 0.762. The molecule has 1 aromatic carbocycles. The van der Waals surface area contributed by atoms with Crippen molar-refractivity contribution in [3.05, 3.63) is 35.9 Å². The third-order valence-corrected chi connectivity index (χ3v) is 5.41. The minimum atomic E-state index is -0.305. The van der Waals surface area contributed by atoms with Gasteiger partial charge in [-0.15, -0.1) is 0 Å². The van der Waals surface area contributed by atoms with Gasteiger partial charge >= 0.3 is 0 Å². The molecule has 1 saturated carbocycles. The standard InChI is InChI=1S/C21H31NO2/c1-19(2)15-23-18(22-19)21(13-9-6-10-14-21)16-24-20(3,4)17-11-7-5-8-12-17/h5,7-8,11-12H,6,9-10,13-16H2,1-4H3. The van der Waals surface area contributed by atoms with Crippen LogP contribution in [-0.2, 0) is 15.1 Å². The van der Waals surface area contributed by atoms with Gasteiger partial charge in [-0.2, -0.15) is 0 Å². The largest absolute Gasteiger partial charge is 0.478 e. The van der Waals surface area contributed by atoms with Crippen LogP contribution in [0, 0.1) is 5.41 Å². The van der Waals surface area contributed by atoms with Gasteiger partial charge in [0, 0.05) is 0 Å². The van der Waals surface area contributed by atoms with E-state index in [2.05, 4.69) is 52.0 Å². The molecule has 0 saturated heterocycles. The van der Waals surface area contributed by atoms with Crippen LogP contribution in [0.5, 0.6) is 0 Å². The normalized spacial score (nSPS) is 22.8. The lowest BCUT2D eigenvalue weighted by Gasteiger charge is -2.39. The van der Waals surface area contributed by atoms with Gasteiger partial charge in [0.25, 0.3) is 0 Å². The van der Waals surface area contributed by atoms with Crippen molar-refractivity contribution >= 4 is 5.90 Å². The second-order valence-corrected chi connectivity index (χ2v) is 8.52. The molecule has 0 aromatic heterocycles. The Morgan fingerprint density at radius 1 is 1.08 bits per heavy atom. The summed E-state index contributed by atoms with van der Waals surface area (Å²) in [6.45, 7) is 9.97. The second kappa shape index (κ2) is 6.51. The van der Waals surface area contributed by atoms with Crippen molar-refractivity contribution in [1.29, 1.82) is 0 Å². The predicted molar refractivity (Wildman–Crippen MR) is 98.4 cm³/mol. The predicted octanol–water partition coefficient (Wildman–Crippen LogP) is 5.10. The average Bonchev–Trinajstić information content (AvgIpc) is 2.95. The number of aliphatic imine (C=N–C) groups is 1. The third-order valence-electron chi connectivity index (χ3n) is 5.41. The lowest BCUT2D eigenvalue weighted by molar-refractivity contribution is -0.0624. The Morgan fingerprint density at radius 2 is 1.75 bits per heavy atom. The molecule has 132 valence electrons. The summed E-state index contributed by atoms with van der Waals surface area (Å²) in [5, 5.41) is 0. The van der Waals surface area contributed by atoms with Gasteiger partial charge in [0.1, 0.15) is 6.61 Å². The van der Waals surface area contributed by atoms with E-state index in [1.54, 1.807) is 0 Å². The van der Waals surface area contributed by atoms with Crippen LogP contribution in [0.4, 0.5) is 0 Å². The van der Waals surface area contributed by atoms with E-state index in [4.69, 9.17) is 14.5 Å². The third kappa shape index (κ3) is 3.66. The molecule has 1 heterocycles. The minimum absolute atomic E-state index is 0.0436. The SMILES string of the molecule is CC1(C)COC(C2(COC(C)(C)c3ccccc3)CCCCC2)=N1. The van der Waals surface area contributed by atoms with Crippen molar-refractivity contribution in [2.45, 2.75) is 70.9 Å². The maximum atomic E-state index is 6.48. The zero-order valence-corrected chi connectivity index (χ0v) is 15.6. The lowest BCUT2D eigenvalue weighted by atomic mass is 9.74. The molecule has 0 atom stereocenters. The molecule has 2 aliphatic rings. The highest BCUT2D eigenvalue weighted by molar-refractivity contribution is 5.84. The van der Waals surface area contributed by atoms with Crippen LogP contribution in [-0.4, -0.2) is 24.7 Å². The van der Waals surface area contributed by atoms with Crippen molar-refractivity contribution in [3.8, 4) is 0 Å². The van der Waals surface area contributed by atoms with E-state index in [0.717, 1.165) is 18.7 Å². The summed E-state index contributed by atoms with van der Waals surface area (Å²) in [5.74, 6) is 0.941. The monoisotopic (exact) mass is 329 g/mol. The fraction of sp³-hybridized carbons (Fsp3) is 0.667. The second-order valence-electron chi connectivity index (χ2n) is 8.52. The molecular weight excluding hydrogens is 298 g/mol. The van der Waals surface area contributed by atoms with Gasteiger partial charge in [-0.05, 0) is 46.1 Å². The maximum Gasteiger partial charge on any atom is 0.192 e. The zero-order chi connectivity index (χ0) is 17.3. The van der Waals surface area contributed by atoms with Crippen LogP contribution >= 0.6 is 0 Å². The molecular formula is C21H31NO2. The van der Waals surface area contributed by atoms with Gasteiger partial charge in [-0.1, -0.05) is 49.6 Å². The molecule has 3 rings (SSSR count). The molecule has 3 heteroatoms. The Bertz CT molecular complexity index is 583. The topological polar surface area (TPSA) is 30.8 Å². The van der Waals surface area contributed by atoms with Crippen LogP contribution in [0.25, 0.3) is 0 Å². The van der Waals surface area contributed by atoms with E-state index in [9.17, 15) is 0 Å². The van der Waals surface area contributed by atoms with Crippen LogP contribution in [0.15, 0.2) is 35.3 Å². The lowest BCUT2D eigenvalue weighted by Crippen LogP contribution is -2.40. The number of hydrogen-bond donors (Lipinski definition) is 0. The molecule has 1 fully saturated rings. The molecule has 1 aromatic rings. The highest BCUT2D eigenvalue weighted by Gasteiger charge is 2.44. The summed E-state index contributed by atoms with van der Waals surface area (Å²) in [4.78, 5) is 4.90. The molecule has 0 spiro atoms. The number of nitrogens with zero attached hydrogens (tertiary/aromatic N) is 1. The van der Waals surface area contributed by atoms with Gasteiger partial charge in [-0.25, -0.2) is 4.99 Å². The Balaban J connectivity index is 1.78. The van der Waals surface area contributed by atoms with Crippen molar-refractivity contribution in [1.82, 2.24) is 0 Å². The quantitative estimate of drug-likeness (QED) is 0.753. The Kier molecular flexibility index (Phi) is 4.74. The van der Waals surface area contributed by atoms with Gasteiger partial charge in [0.05, 0.1) is 23.2 Å². The highest BCUT2D eigenvalue weighted by atomic mass is 16.5. The van der Waals surface area contributed by atoms with Crippen LogP contribution in [0.2, 0.25) is 0 Å². The molecule has 0 radical (unpaired) electrons. The summed E-state index contributed by atoms with van der Waals surface area (Å²) in [7, 11) is 0. The van der Waals surface area contributed by atoms with Crippen molar-refractivity contribution in [2.24, 2.45) is 10.4 Å². The molecule has 3 nitrogen and oxygen atoms in total. The molecule has 0 unspecified atom stereocenters. The van der Waals surface area contributed by atoms with E-state index < -0.39 is 0 Å². The van der Waals surface area contributed by atoms with Crippen molar-refractivity contribution in [3.63, 3.8) is 0 Å². The number of benzene rings is 1. The summed E-state index contributed by atoms with van der Waals surface area (Å²) < 4.78 is 12.5. The van der Waals surface area contributed by atoms with Gasteiger partial charge < -0.3 is 9.47 Å². The molecule has 1 aliphatic heterocycles. The van der Waals surface area contributed by atoms with Gasteiger partial charge in [0.15, 0.2) is 5.90 Å². The number of rotatable bonds is 5. The molecule has 0 N–H and O–H groups in total. The smallest absolute Gasteiger partial charge is 0.192 e. The fourth-order valence-electron chi connectivity index (χ4n) is 3.75. The minimum Gasteiger partial charge on any atom is -0.478 e. The van der Waals surface area contributed by atoms with E-state index in [1.165, 1.54) is 24.8 Å². The molecule has 0 bridgehead atoms. The Labute approximate surface area is 146 Å². The van der Waals surface area contributed by atoms with Crippen LogP contribution in [0.3, 0.4) is 0 Å². The number of hydrogen-bond acceptors (Lipinski definition) is 3. The first-order chi connectivity index (χ1) is 11.3. The van der Waals surface area contributed by atoms with Crippen molar-refractivity contribution < 1.29 is 9.47 Å². The van der Waals surface area contributed by atoms with Gasteiger partial charge in [0.2, 0.25) is 0 Å². The Morgan fingerprint density at radius 3 is 2.33 bits per heavy atom. The summed E-state index contributed by atoms with van der Waals surface area (Å²) >= 11 is 0. The molecule has 24 heavy (non-hydrogen) atoms. The fourth-order valence-corrected chi connectivity index (χ4v) is 3.75.